The van der Waals surface area contributed by atoms with Crippen molar-refractivity contribution < 1.29 is 14.4 Å². The first-order valence-electron chi connectivity index (χ1n) is 5.36. The van der Waals surface area contributed by atoms with Gasteiger partial charge in [-0.1, -0.05) is 18.2 Å². The van der Waals surface area contributed by atoms with Crippen molar-refractivity contribution in [2.24, 2.45) is 0 Å². The number of carbonyl (C=O) groups excluding carboxylic acids is 3. The molecule has 0 unspecified atom stereocenters. The van der Waals surface area contributed by atoms with Gasteiger partial charge in [-0.15, -0.1) is 0 Å². The number of hydrogen-bond acceptors (Lipinski definition) is 3. The van der Waals surface area contributed by atoms with Crippen molar-refractivity contribution >= 4 is 17.7 Å². The number of hydrogen-bond donors (Lipinski definition) is 2. The Bertz CT molecular complexity index is 456. The van der Waals surface area contributed by atoms with E-state index in [4.69, 9.17) is 0 Å². The molecular weight excluding hydrogens is 220 g/mol. The first-order chi connectivity index (χ1) is 8.16. The van der Waals surface area contributed by atoms with E-state index >= 15 is 0 Å². The summed E-state index contributed by atoms with van der Waals surface area (Å²) in [5.41, 5.74) is 0.497. The summed E-state index contributed by atoms with van der Waals surface area (Å²) in [6, 6.07) is 8.02. The van der Waals surface area contributed by atoms with Gasteiger partial charge >= 0.3 is 0 Å². The Kier molecular flexibility index (Phi) is 3.18. The van der Waals surface area contributed by atoms with Gasteiger partial charge in [-0.3, -0.25) is 19.7 Å². The first-order valence-corrected chi connectivity index (χ1v) is 5.36. The van der Waals surface area contributed by atoms with E-state index in [1.54, 1.807) is 24.3 Å². The van der Waals surface area contributed by atoms with Gasteiger partial charge in [-0.25, -0.2) is 0 Å². The lowest BCUT2D eigenvalue weighted by Crippen LogP contribution is -2.52. The fraction of sp³-hybridized carbons (Fsp3) is 0.250. The molecule has 0 radical (unpaired) electrons. The van der Waals surface area contributed by atoms with Crippen LogP contribution in [0.4, 0.5) is 0 Å². The predicted molar refractivity (Wildman–Crippen MR) is 60.1 cm³/mol. The van der Waals surface area contributed by atoms with Crippen LogP contribution < -0.4 is 10.6 Å². The molecule has 2 rings (SSSR count). The molecule has 0 spiro atoms. The summed E-state index contributed by atoms with van der Waals surface area (Å²) < 4.78 is 0. The number of benzene rings is 1. The van der Waals surface area contributed by atoms with E-state index in [2.05, 4.69) is 10.6 Å². The molecule has 1 aromatic carbocycles. The van der Waals surface area contributed by atoms with Crippen LogP contribution in [0.1, 0.15) is 23.2 Å². The zero-order valence-electron chi connectivity index (χ0n) is 9.10. The molecule has 88 valence electrons. The van der Waals surface area contributed by atoms with Gasteiger partial charge < -0.3 is 5.32 Å². The zero-order valence-corrected chi connectivity index (χ0v) is 9.10. The SMILES string of the molecule is O=C1CC[C@@H](NC(=O)c2ccccc2)C(=O)N1. The molecule has 0 saturated carbocycles. The smallest absolute Gasteiger partial charge is 0.251 e. The van der Waals surface area contributed by atoms with Crippen LogP contribution in [0.3, 0.4) is 0 Å². The third-order valence-electron chi connectivity index (χ3n) is 2.58. The largest absolute Gasteiger partial charge is 0.340 e. The lowest BCUT2D eigenvalue weighted by molar-refractivity contribution is -0.134. The van der Waals surface area contributed by atoms with E-state index in [1.807, 2.05) is 6.07 Å². The van der Waals surface area contributed by atoms with Crippen molar-refractivity contribution in [2.45, 2.75) is 18.9 Å². The van der Waals surface area contributed by atoms with Gasteiger partial charge in [-0.2, -0.15) is 0 Å². The summed E-state index contributed by atoms with van der Waals surface area (Å²) in [6.45, 7) is 0. The highest BCUT2D eigenvalue weighted by Crippen LogP contribution is 2.06. The maximum Gasteiger partial charge on any atom is 0.251 e. The topological polar surface area (TPSA) is 75.3 Å². The Morgan fingerprint density at radius 3 is 2.59 bits per heavy atom. The van der Waals surface area contributed by atoms with Crippen molar-refractivity contribution in [1.29, 1.82) is 0 Å². The van der Waals surface area contributed by atoms with E-state index in [1.165, 1.54) is 0 Å². The molecule has 1 aromatic rings. The molecule has 1 atom stereocenters. The van der Waals surface area contributed by atoms with Gasteiger partial charge in [0, 0.05) is 12.0 Å². The molecule has 17 heavy (non-hydrogen) atoms. The van der Waals surface area contributed by atoms with Crippen LogP contribution in [0.25, 0.3) is 0 Å². The average molecular weight is 232 g/mol. The van der Waals surface area contributed by atoms with Crippen LogP contribution in [0.2, 0.25) is 0 Å². The summed E-state index contributed by atoms with van der Waals surface area (Å²) in [7, 11) is 0. The zero-order chi connectivity index (χ0) is 12.3. The summed E-state index contributed by atoms with van der Waals surface area (Å²) in [4.78, 5) is 34.1. The molecule has 2 N–H and O–H groups in total. The van der Waals surface area contributed by atoms with E-state index in [9.17, 15) is 14.4 Å². The van der Waals surface area contributed by atoms with Crippen LogP contribution in [-0.2, 0) is 9.59 Å². The molecule has 1 heterocycles. The quantitative estimate of drug-likeness (QED) is 0.716. The normalized spacial score (nSPS) is 19.6. The minimum absolute atomic E-state index is 0.255. The maximum atomic E-state index is 11.8. The number of nitrogens with one attached hydrogen (secondary N) is 2. The molecule has 5 heteroatoms. The second-order valence-electron chi connectivity index (χ2n) is 3.84. The minimum Gasteiger partial charge on any atom is -0.340 e. The van der Waals surface area contributed by atoms with Gasteiger partial charge in [0.2, 0.25) is 11.8 Å². The van der Waals surface area contributed by atoms with Crippen molar-refractivity contribution in [1.82, 2.24) is 10.6 Å². The second kappa shape index (κ2) is 4.78. The molecular formula is C12H12N2O3. The predicted octanol–water partition coefficient (Wildman–Crippen LogP) is 0.222. The molecule has 1 aliphatic heterocycles. The summed E-state index contributed by atoms with van der Waals surface area (Å²) >= 11 is 0. The van der Waals surface area contributed by atoms with Gasteiger partial charge in [0.25, 0.3) is 5.91 Å². The molecule has 0 aliphatic carbocycles. The van der Waals surface area contributed by atoms with E-state index in [0.717, 1.165) is 0 Å². The van der Waals surface area contributed by atoms with Crippen molar-refractivity contribution in [3.63, 3.8) is 0 Å². The van der Waals surface area contributed by atoms with Gasteiger partial charge in [0.05, 0.1) is 0 Å². The molecule has 0 bridgehead atoms. The Morgan fingerprint density at radius 1 is 1.24 bits per heavy atom. The summed E-state index contributed by atoms with van der Waals surface area (Å²) in [5, 5.41) is 4.80. The molecule has 1 fully saturated rings. The van der Waals surface area contributed by atoms with E-state index in [0.29, 0.717) is 12.0 Å². The van der Waals surface area contributed by atoms with Crippen LogP contribution in [0.15, 0.2) is 30.3 Å². The number of imide groups is 1. The van der Waals surface area contributed by atoms with Crippen LogP contribution >= 0.6 is 0 Å². The molecule has 0 aromatic heterocycles. The monoisotopic (exact) mass is 232 g/mol. The van der Waals surface area contributed by atoms with E-state index < -0.39 is 11.9 Å². The van der Waals surface area contributed by atoms with Crippen LogP contribution in [0.5, 0.6) is 0 Å². The summed E-state index contributed by atoms with van der Waals surface area (Å²) in [6.07, 6.45) is 0.606. The third-order valence-corrected chi connectivity index (χ3v) is 2.58. The number of carbonyl (C=O) groups is 3. The lowest BCUT2D eigenvalue weighted by Gasteiger charge is -2.21. The minimum atomic E-state index is -0.625. The maximum absolute atomic E-state index is 11.8. The standard InChI is InChI=1S/C12H12N2O3/c15-10-7-6-9(12(17)14-10)13-11(16)8-4-2-1-3-5-8/h1-5,9H,6-7H2,(H,13,16)(H,14,15,17)/t9-/m1/s1. The van der Waals surface area contributed by atoms with Crippen LogP contribution in [0, 0.1) is 0 Å². The van der Waals surface area contributed by atoms with Gasteiger partial charge in [-0.05, 0) is 18.6 Å². The van der Waals surface area contributed by atoms with Crippen LogP contribution in [-0.4, -0.2) is 23.8 Å². The van der Waals surface area contributed by atoms with Crippen molar-refractivity contribution in [3.8, 4) is 0 Å². The highest BCUT2D eigenvalue weighted by Gasteiger charge is 2.27. The van der Waals surface area contributed by atoms with E-state index in [-0.39, 0.29) is 18.2 Å². The fourth-order valence-electron chi connectivity index (χ4n) is 1.66. The van der Waals surface area contributed by atoms with Gasteiger partial charge in [0.15, 0.2) is 0 Å². The third kappa shape index (κ3) is 2.69. The Morgan fingerprint density at radius 2 is 1.94 bits per heavy atom. The Hall–Kier alpha value is -2.17. The number of amides is 3. The Labute approximate surface area is 98.2 Å². The van der Waals surface area contributed by atoms with Gasteiger partial charge in [0.1, 0.15) is 6.04 Å². The second-order valence-corrected chi connectivity index (χ2v) is 3.84. The average Bonchev–Trinajstić information content (AvgIpc) is 2.34. The summed E-state index contributed by atoms with van der Waals surface area (Å²) in [5.74, 6) is -1.04. The molecule has 3 amide bonds. The first kappa shape index (κ1) is 11.3. The molecule has 5 nitrogen and oxygen atoms in total. The number of rotatable bonds is 2. The lowest BCUT2D eigenvalue weighted by atomic mass is 10.1. The molecule has 1 saturated heterocycles. The Balaban J connectivity index is 2.00. The highest BCUT2D eigenvalue weighted by molar-refractivity contribution is 6.03. The molecule has 1 aliphatic rings. The van der Waals surface area contributed by atoms with Crippen molar-refractivity contribution in [3.05, 3.63) is 35.9 Å². The number of piperidine rings is 1. The fourth-order valence-corrected chi connectivity index (χ4v) is 1.66. The van der Waals surface area contributed by atoms with Crippen molar-refractivity contribution in [2.75, 3.05) is 0 Å². The highest BCUT2D eigenvalue weighted by atomic mass is 16.2.